The summed E-state index contributed by atoms with van der Waals surface area (Å²) in [5.41, 5.74) is 1.14. The topological polar surface area (TPSA) is 65.2 Å². The second-order valence-electron chi connectivity index (χ2n) is 4.38. The number of methoxy groups -OCH3 is 1. The number of hydrogen-bond donors (Lipinski definition) is 0. The minimum atomic E-state index is -0.400. The van der Waals surface area contributed by atoms with Gasteiger partial charge in [0.25, 0.3) is 5.89 Å². The molecule has 0 spiro atoms. The Labute approximate surface area is 130 Å². The summed E-state index contributed by atoms with van der Waals surface area (Å²) in [7, 11) is 1.34. The molecule has 5 nitrogen and oxygen atoms in total. The number of nitrogens with zero attached hydrogens (tertiary/aromatic N) is 2. The van der Waals surface area contributed by atoms with Crippen molar-refractivity contribution in [2.24, 2.45) is 0 Å². The van der Waals surface area contributed by atoms with Gasteiger partial charge in [0.2, 0.25) is 5.82 Å². The first-order valence-corrected chi connectivity index (χ1v) is 7.38. The van der Waals surface area contributed by atoms with E-state index in [1.807, 2.05) is 29.7 Å². The third-order valence-electron chi connectivity index (χ3n) is 2.92. The van der Waals surface area contributed by atoms with Gasteiger partial charge < -0.3 is 9.26 Å². The highest BCUT2D eigenvalue weighted by molar-refractivity contribution is 7.10. The predicted molar refractivity (Wildman–Crippen MR) is 84.3 cm³/mol. The smallest absolute Gasteiger partial charge is 0.337 e. The Kier molecular flexibility index (Phi) is 4.11. The van der Waals surface area contributed by atoms with Crippen molar-refractivity contribution in [1.29, 1.82) is 0 Å². The maximum Gasteiger partial charge on any atom is 0.337 e. The summed E-state index contributed by atoms with van der Waals surface area (Å²) in [6.07, 6.45) is 3.67. The van der Waals surface area contributed by atoms with Gasteiger partial charge in [0.1, 0.15) is 0 Å². The van der Waals surface area contributed by atoms with E-state index in [0.29, 0.717) is 22.8 Å². The number of carbonyl (C=O) groups excluding carboxylic acids is 1. The van der Waals surface area contributed by atoms with Crippen LogP contribution in [0.1, 0.15) is 21.1 Å². The van der Waals surface area contributed by atoms with E-state index in [0.717, 1.165) is 4.88 Å². The predicted octanol–water partition coefficient (Wildman–Crippen LogP) is 3.76. The first-order valence-electron chi connectivity index (χ1n) is 6.50. The SMILES string of the molecule is COC(=O)c1cccc(-c2noc(/C=C/c3cccs3)n2)c1. The van der Waals surface area contributed by atoms with Crippen LogP contribution in [0.3, 0.4) is 0 Å². The van der Waals surface area contributed by atoms with Gasteiger partial charge in [-0.1, -0.05) is 23.4 Å². The van der Waals surface area contributed by atoms with Crippen molar-refractivity contribution in [3.05, 3.63) is 58.1 Å². The molecule has 3 rings (SSSR count). The minimum Gasteiger partial charge on any atom is -0.465 e. The van der Waals surface area contributed by atoms with Crippen molar-refractivity contribution < 1.29 is 14.1 Å². The van der Waals surface area contributed by atoms with Crippen LogP contribution in [0.2, 0.25) is 0 Å². The second-order valence-corrected chi connectivity index (χ2v) is 5.36. The minimum absolute atomic E-state index is 0.400. The lowest BCUT2D eigenvalue weighted by Crippen LogP contribution is -2.00. The van der Waals surface area contributed by atoms with Gasteiger partial charge in [-0.2, -0.15) is 4.98 Å². The average Bonchev–Trinajstić information content (AvgIpc) is 3.23. The van der Waals surface area contributed by atoms with Crippen LogP contribution in [0.15, 0.2) is 46.3 Å². The van der Waals surface area contributed by atoms with E-state index < -0.39 is 5.97 Å². The summed E-state index contributed by atoms with van der Waals surface area (Å²) in [5, 5.41) is 5.92. The van der Waals surface area contributed by atoms with Crippen LogP contribution < -0.4 is 0 Å². The zero-order valence-electron chi connectivity index (χ0n) is 11.7. The monoisotopic (exact) mass is 312 g/mol. The van der Waals surface area contributed by atoms with Crippen LogP contribution in [0.25, 0.3) is 23.5 Å². The molecule has 3 aromatic rings. The molecule has 0 fully saturated rings. The highest BCUT2D eigenvalue weighted by Crippen LogP contribution is 2.19. The maximum atomic E-state index is 11.5. The lowest BCUT2D eigenvalue weighted by Gasteiger charge is -2.00. The van der Waals surface area contributed by atoms with Crippen molar-refractivity contribution in [2.75, 3.05) is 7.11 Å². The van der Waals surface area contributed by atoms with Gasteiger partial charge in [0.05, 0.1) is 12.7 Å². The molecule has 0 aliphatic heterocycles. The molecule has 0 amide bonds. The molecule has 0 saturated carbocycles. The summed E-state index contributed by atoms with van der Waals surface area (Å²) in [4.78, 5) is 16.9. The quantitative estimate of drug-likeness (QED) is 0.686. The number of rotatable bonds is 4. The molecule has 0 saturated heterocycles. The lowest BCUT2D eigenvalue weighted by atomic mass is 10.1. The number of thiophene rings is 1. The van der Waals surface area contributed by atoms with Crippen LogP contribution >= 0.6 is 11.3 Å². The van der Waals surface area contributed by atoms with Gasteiger partial charge in [0, 0.05) is 16.5 Å². The number of carbonyl (C=O) groups is 1. The van der Waals surface area contributed by atoms with Crippen LogP contribution in [-0.2, 0) is 4.74 Å². The van der Waals surface area contributed by atoms with Gasteiger partial charge in [0.15, 0.2) is 0 Å². The molecular formula is C16H12N2O3S. The summed E-state index contributed by atoms with van der Waals surface area (Å²) < 4.78 is 9.88. The van der Waals surface area contributed by atoms with Gasteiger partial charge in [-0.05, 0) is 29.7 Å². The van der Waals surface area contributed by atoms with Gasteiger partial charge >= 0.3 is 5.97 Å². The molecule has 0 unspecified atom stereocenters. The molecule has 2 heterocycles. The molecule has 0 radical (unpaired) electrons. The van der Waals surface area contributed by atoms with E-state index in [9.17, 15) is 4.79 Å². The van der Waals surface area contributed by atoms with Crippen molar-refractivity contribution >= 4 is 29.5 Å². The van der Waals surface area contributed by atoms with E-state index in [-0.39, 0.29) is 0 Å². The van der Waals surface area contributed by atoms with Crippen molar-refractivity contribution in [3.63, 3.8) is 0 Å². The fourth-order valence-electron chi connectivity index (χ4n) is 1.86. The highest BCUT2D eigenvalue weighted by atomic mass is 32.1. The molecule has 0 atom stereocenters. The molecule has 1 aromatic carbocycles. The van der Waals surface area contributed by atoms with Gasteiger partial charge in [-0.3, -0.25) is 0 Å². The molecule has 22 heavy (non-hydrogen) atoms. The number of benzene rings is 1. The standard InChI is InChI=1S/C16H12N2O3S/c1-20-16(19)12-5-2-4-11(10-12)15-17-14(21-18-15)8-7-13-6-3-9-22-13/h2-10H,1H3/b8-7+. The van der Waals surface area contributed by atoms with Crippen LogP contribution in [0.5, 0.6) is 0 Å². The fraction of sp³-hybridized carbons (Fsp3) is 0.0625. The van der Waals surface area contributed by atoms with Crippen LogP contribution in [0, 0.1) is 0 Å². The van der Waals surface area contributed by atoms with Crippen LogP contribution in [-0.4, -0.2) is 23.2 Å². The van der Waals surface area contributed by atoms with Gasteiger partial charge in [-0.15, -0.1) is 11.3 Å². The molecule has 110 valence electrons. The first kappa shape index (κ1) is 14.2. The van der Waals surface area contributed by atoms with Crippen molar-refractivity contribution in [2.45, 2.75) is 0 Å². The lowest BCUT2D eigenvalue weighted by molar-refractivity contribution is 0.0601. The third kappa shape index (κ3) is 3.12. The normalized spacial score (nSPS) is 11.0. The number of ether oxygens (including phenoxy) is 1. The number of esters is 1. The van der Waals surface area contributed by atoms with E-state index in [1.165, 1.54) is 7.11 Å². The Bertz CT molecular complexity index is 806. The van der Waals surface area contributed by atoms with E-state index in [4.69, 9.17) is 9.26 Å². The Morgan fingerprint density at radius 2 is 2.18 bits per heavy atom. The summed E-state index contributed by atoms with van der Waals surface area (Å²) >= 11 is 1.62. The Morgan fingerprint density at radius 3 is 2.95 bits per heavy atom. The zero-order valence-corrected chi connectivity index (χ0v) is 12.5. The summed E-state index contributed by atoms with van der Waals surface area (Å²) in [5.74, 6) is 0.437. The van der Waals surface area contributed by atoms with Crippen LogP contribution in [0.4, 0.5) is 0 Å². The molecule has 0 N–H and O–H groups in total. The van der Waals surface area contributed by atoms with E-state index in [2.05, 4.69) is 10.1 Å². The Balaban J connectivity index is 1.83. The summed E-state index contributed by atoms with van der Waals surface area (Å²) in [6, 6.07) is 10.9. The Hall–Kier alpha value is -2.73. The molecule has 0 aliphatic carbocycles. The van der Waals surface area contributed by atoms with E-state index in [1.54, 1.807) is 35.6 Å². The third-order valence-corrected chi connectivity index (χ3v) is 3.75. The summed E-state index contributed by atoms with van der Waals surface area (Å²) in [6.45, 7) is 0. The molecule has 6 heteroatoms. The van der Waals surface area contributed by atoms with E-state index >= 15 is 0 Å². The molecule has 0 bridgehead atoms. The zero-order chi connectivity index (χ0) is 15.4. The molecule has 2 aromatic heterocycles. The fourth-order valence-corrected chi connectivity index (χ4v) is 2.48. The number of hydrogen-bond acceptors (Lipinski definition) is 6. The average molecular weight is 312 g/mol. The molecular weight excluding hydrogens is 300 g/mol. The van der Waals surface area contributed by atoms with Gasteiger partial charge in [-0.25, -0.2) is 4.79 Å². The first-order chi connectivity index (χ1) is 10.8. The van der Waals surface area contributed by atoms with Crippen molar-refractivity contribution in [1.82, 2.24) is 10.1 Å². The largest absolute Gasteiger partial charge is 0.465 e. The molecule has 0 aliphatic rings. The maximum absolute atomic E-state index is 11.5. The number of aromatic nitrogens is 2. The van der Waals surface area contributed by atoms with Crippen molar-refractivity contribution in [3.8, 4) is 11.4 Å². The second kappa shape index (κ2) is 6.36. The Morgan fingerprint density at radius 1 is 1.27 bits per heavy atom. The highest BCUT2D eigenvalue weighted by Gasteiger charge is 2.10.